The maximum Gasteiger partial charge on any atom is 0.326 e. The van der Waals surface area contributed by atoms with Gasteiger partial charge in [0.1, 0.15) is 18.7 Å². The van der Waals surface area contributed by atoms with Crippen LogP contribution < -0.4 is 5.32 Å². The number of hydrogen-bond acceptors (Lipinski definition) is 4. The van der Waals surface area contributed by atoms with Crippen molar-refractivity contribution in [3.05, 3.63) is 34.4 Å². The van der Waals surface area contributed by atoms with Gasteiger partial charge in [-0.15, -0.1) is 0 Å². The Balaban J connectivity index is 2.04. The minimum absolute atomic E-state index is 0.0427. The van der Waals surface area contributed by atoms with Crippen LogP contribution in [0, 0.1) is 13.8 Å². The van der Waals surface area contributed by atoms with Crippen molar-refractivity contribution in [2.24, 2.45) is 0 Å². The van der Waals surface area contributed by atoms with Crippen LogP contribution >= 0.6 is 0 Å². The molecule has 0 aliphatic carbocycles. The second kappa shape index (κ2) is 6.74. The molecular weight excluding hydrogens is 332 g/mol. The molecule has 1 N–H and O–H groups in total. The number of amides is 3. The molecule has 1 heterocycles. The number of nitrogens with one attached hydrogen (secondary N) is 1. The average Bonchev–Trinajstić information content (AvgIpc) is 2.67. The lowest BCUT2D eigenvalue weighted by Gasteiger charge is -2.22. The lowest BCUT2D eigenvalue weighted by Crippen LogP contribution is -2.41. The molecule has 1 aliphatic rings. The zero-order valence-corrected chi connectivity index (χ0v) is 16.6. The Bertz CT molecular complexity index is 737. The van der Waals surface area contributed by atoms with Gasteiger partial charge in [-0.05, 0) is 55.4 Å². The highest BCUT2D eigenvalue weighted by molar-refractivity contribution is 6.08. The molecule has 0 unspecified atom stereocenters. The number of ether oxygens (including phenoxy) is 1. The van der Waals surface area contributed by atoms with Crippen LogP contribution in [-0.2, 0) is 26.3 Å². The monoisotopic (exact) mass is 360 g/mol. The molecule has 0 spiro atoms. The first-order chi connectivity index (χ1) is 11.8. The molecule has 6 heteroatoms. The number of hydrogen-bond donors (Lipinski definition) is 1. The minimum atomic E-state index is -0.993. The zero-order chi connectivity index (χ0) is 19.9. The van der Waals surface area contributed by atoms with Gasteiger partial charge in [-0.25, -0.2) is 4.79 Å². The van der Waals surface area contributed by atoms with Gasteiger partial charge >= 0.3 is 12.0 Å². The van der Waals surface area contributed by atoms with Gasteiger partial charge in [-0.3, -0.25) is 14.5 Å². The summed E-state index contributed by atoms with van der Waals surface area (Å²) in [6.07, 6.45) is 0. The predicted molar refractivity (Wildman–Crippen MR) is 98.7 cm³/mol. The summed E-state index contributed by atoms with van der Waals surface area (Å²) >= 11 is 0. The summed E-state index contributed by atoms with van der Waals surface area (Å²) in [5.41, 5.74) is 3.33. The van der Waals surface area contributed by atoms with Crippen LogP contribution in [-0.4, -0.2) is 34.9 Å². The van der Waals surface area contributed by atoms with Gasteiger partial charge in [0.15, 0.2) is 0 Å². The largest absolute Gasteiger partial charge is 0.459 e. The van der Waals surface area contributed by atoms with Gasteiger partial charge in [-0.1, -0.05) is 32.9 Å². The Morgan fingerprint density at radius 3 is 2.12 bits per heavy atom. The predicted octanol–water partition coefficient (Wildman–Crippen LogP) is 2.97. The summed E-state index contributed by atoms with van der Waals surface area (Å²) in [5, 5.41) is 2.54. The number of carbonyl (C=O) groups excluding carboxylic acids is 3. The number of carbonyl (C=O) groups is 3. The standard InChI is InChI=1S/C20H28N2O4/c1-12-8-14(19(3,4)5)9-13(2)15(12)11-26-16(23)10-22-17(24)20(6,7)21-18(22)25/h8-9H,10-11H2,1-7H3,(H,21,25). The van der Waals surface area contributed by atoms with E-state index in [0.29, 0.717) is 0 Å². The second-order valence-corrected chi connectivity index (χ2v) is 8.45. The molecule has 1 aromatic rings. The molecule has 0 saturated carbocycles. The van der Waals surface area contributed by atoms with Gasteiger partial charge in [-0.2, -0.15) is 0 Å². The molecule has 0 bridgehead atoms. The first-order valence-corrected chi connectivity index (χ1v) is 8.73. The SMILES string of the molecule is Cc1cc(C(C)(C)C)cc(C)c1COC(=O)CN1C(=O)NC(C)(C)C1=O. The average molecular weight is 360 g/mol. The maximum absolute atomic E-state index is 12.1. The van der Waals surface area contributed by atoms with Gasteiger partial charge in [0.2, 0.25) is 0 Å². The van der Waals surface area contributed by atoms with Gasteiger partial charge < -0.3 is 10.1 Å². The minimum Gasteiger partial charge on any atom is -0.459 e. The van der Waals surface area contributed by atoms with Crippen LogP contribution in [0.1, 0.15) is 56.9 Å². The van der Waals surface area contributed by atoms with E-state index >= 15 is 0 Å². The number of aryl methyl sites for hydroxylation is 2. The van der Waals surface area contributed by atoms with E-state index in [1.807, 2.05) is 13.8 Å². The summed E-state index contributed by atoms with van der Waals surface area (Å²) in [6, 6.07) is 3.64. The Morgan fingerprint density at radius 2 is 1.69 bits per heavy atom. The molecule has 1 fully saturated rings. The first-order valence-electron chi connectivity index (χ1n) is 8.73. The Kier molecular flexibility index (Phi) is 5.17. The van der Waals surface area contributed by atoms with Crippen LogP contribution in [0.3, 0.4) is 0 Å². The number of nitrogens with zero attached hydrogens (tertiary/aromatic N) is 1. The Morgan fingerprint density at radius 1 is 1.15 bits per heavy atom. The number of rotatable bonds is 4. The van der Waals surface area contributed by atoms with Crippen molar-refractivity contribution in [2.45, 2.75) is 66.0 Å². The van der Waals surface area contributed by atoms with Gasteiger partial charge in [0.05, 0.1) is 0 Å². The van der Waals surface area contributed by atoms with E-state index in [1.54, 1.807) is 13.8 Å². The van der Waals surface area contributed by atoms with E-state index in [9.17, 15) is 14.4 Å². The fourth-order valence-electron chi connectivity index (χ4n) is 2.94. The van der Waals surface area contributed by atoms with E-state index in [1.165, 1.54) is 5.56 Å². The van der Waals surface area contributed by atoms with Gasteiger partial charge in [0, 0.05) is 0 Å². The maximum atomic E-state index is 12.1. The number of esters is 1. The van der Waals surface area contributed by atoms with Crippen LogP contribution in [0.5, 0.6) is 0 Å². The quantitative estimate of drug-likeness (QED) is 0.662. The summed E-state index contributed by atoms with van der Waals surface area (Å²) in [7, 11) is 0. The fraction of sp³-hybridized carbons (Fsp3) is 0.550. The molecule has 6 nitrogen and oxygen atoms in total. The van der Waals surface area contributed by atoms with E-state index in [0.717, 1.165) is 21.6 Å². The molecule has 3 amide bonds. The number of urea groups is 1. The summed E-state index contributed by atoms with van der Waals surface area (Å²) in [4.78, 5) is 37.0. The molecule has 142 valence electrons. The van der Waals surface area contributed by atoms with E-state index in [2.05, 4.69) is 38.2 Å². The zero-order valence-electron chi connectivity index (χ0n) is 16.6. The third kappa shape index (κ3) is 4.06. The topological polar surface area (TPSA) is 75.7 Å². The molecule has 26 heavy (non-hydrogen) atoms. The van der Waals surface area contributed by atoms with Gasteiger partial charge in [0.25, 0.3) is 5.91 Å². The molecule has 1 saturated heterocycles. The van der Waals surface area contributed by atoms with Crippen molar-refractivity contribution in [1.82, 2.24) is 10.2 Å². The normalized spacial score (nSPS) is 16.7. The van der Waals surface area contributed by atoms with Crippen LogP contribution in [0.25, 0.3) is 0 Å². The molecule has 0 radical (unpaired) electrons. The summed E-state index contributed by atoms with van der Waals surface area (Å²) < 4.78 is 5.33. The molecule has 0 aromatic heterocycles. The Hall–Kier alpha value is -2.37. The van der Waals surface area contributed by atoms with Crippen LogP contribution in [0.15, 0.2) is 12.1 Å². The summed E-state index contributed by atoms with van der Waals surface area (Å²) in [5.74, 6) is -1.04. The highest BCUT2D eigenvalue weighted by atomic mass is 16.5. The highest BCUT2D eigenvalue weighted by Gasteiger charge is 2.45. The van der Waals surface area contributed by atoms with Crippen molar-refractivity contribution in [3.63, 3.8) is 0 Å². The lowest BCUT2D eigenvalue weighted by molar-refractivity contribution is -0.148. The molecule has 1 aromatic carbocycles. The third-order valence-electron chi connectivity index (χ3n) is 4.67. The highest BCUT2D eigenvalue weighted by Crippen LogP contribution is 2.27. The van der Waals surface area contributed by atoms with Crippen molar-refractivity contribution in [1.29, 1.82) is 0 Å². The van der Waals surface area contributed by atoms with Crippen molar-refractivity contribution < 1.29 is 19.1 Å². The molecular formula is C20H28N2O4. The smallest absolute Gasteiger partial charge is 0.326 e. The molecule has 1 aliphatic heterocycles. The lowest BCUT2D eigenvalue weighted by atomic mass is 9.84. The Labute approximate surface area is 154 Å². The molecule has 0 atom stereocenters. The van der Waals surface area contributed by atoms with E-state index < -0.39 is 23.4 Å². The third-order valence-corrected chi connectivity index (χ3v) is 4.67. The van der Waals surface area contributed by atoms with Crippen molar-refractivity contribution in [3.8, 4) is 0 Å². The van der Waals surface area contributed by atoms with E-state index in [4.69, 9.17) is 4.74 Å². The summed E-state index contributed by atoms with van der Waals surface area (Å²) in [6.45, 7) is 13.4. The van der Waals surface area contributed by atoms with Crippen LogP contribution in [0.4, 0.5) is 4.79 Å². The molecule has 2 rings (SSSR count). The van der Waals surface area contributed by atoms with Crippen molar-refractivity contribution >= 4 is 17.9 Å². The van der Waals surface area contributed by atoms with Crippen molar-refractivity contribution in [2.75, 3.05) is 6.54 Å². The van der Waals surface area contributed by atoms with Crippen LogP contribution in [0.2, 0.25) is 0 Å². The second-order valence-electron chi connectivity index (χ2n) is 8.45. The number of imide groups is 1. The van der Waals surface area contributed by atoms with E-state index in [-0.39, 0.29) is 18.6 Å². The number of benzene rings is 1. The fourth-order valence-corrected chi connectivity index (χ4v) is 2.94. The first kappa shape index (κ1) is 19.9.